The van der Waals surface area contributed by atoms with E-state index in [1.54, 1.807) is 24.0 Å². The fraction of sp³-hybridized carbons (Fsp3) is 0.636. The van der Waals surface area contributed by atoms with Gasteiger partial charge in [-0.25, -0.2) is 4.39 Å². The standard InChI is InChI=1S/C22H31FN2O4/c1-2-28-21(27)22(16-18-6-8-19(23)9-7-18)11-5-12-24(17-22)20(26)10-14-25-13-3-4-15-29-25/h6-9H,2-5,10-17H2,1H3/t22-/m0/s1. The van der Waals surface area contributed by atoms with E-state index in [0.717, 1.165) is 31.4 Å². The number of likely N-dealkylation sites (tertiary alicyclic amines) is 1. The highest BCUT2D eigenvalue weighted by molar-refractivity contribution is 5.81. The van der Waals surface area contributed by atoms with Crippen molar-refractivity contribution in [2.75, 3.05) is 39.4 Å². The Morgan fingerprint density at radius 1 is 1.17 bits per heavy atom. The number of ether oxygens (including phenoxy) is 1. The van der Waals surface area contributed by atoms with Gasteiger partial charge in [0.15, 0.2) is 0 Å². The summed E-state index contributed by atoms with van der Waals surface area (Å²) in [6, 6.07) is 6.20. The van der Waals surface area contributed by atoms with Crippen LogP contribution in [0.15, 0.2) is 24.3 Å². The van der Waals surface area contributed by atoms with Gasteiger partial charge in [0.2, 0.25) is 5.91 Å². The van der Waals surface area contributed by atoms with E-state index in [1.807, 2.05) is 5.06 Å². The smallest absolute Gasteiger partial charge is 0.314 e. The number of rotatable bonds is 7. The van der Waals surface area contributed by atoms with Crippen molar-refractivity contribution in [2.45, 2.75) is 45.4 Å². The molecule has 1 amide bonds. The van der Waals surface area contributed by atoms with Crippen LogP contribution in [0.1, 0.15) is 44.6 Å². The van der Waals surface area contributed by atoms with E-state index in [-0.39, 0.29) is 17.7 Å². The molecular formula is C22H31FN2O4. The van der Waals surface area contributed by atoms with E-state index in [2.05, 4.69) is 0 Å². The number of benzene rings is 1. The maximum Gasteiger partial charge on any atom is 0.314 e. The molecule has 0 aromatic heterocycles. The number of halogens is 1. The minimum atomic E-state index is -0.788. The normalized spacial score (nSPS) is 23.0. The second-order valence-corrected chi connectivity index (χ2v) is 7.94. The molecule has 1 aromatic carbocycles. The number of amides is 1. The summed E-state index contributed by atoms with van der Waals surface area (Å²) in [5.74, 6) is -0.549. The fourth-order valence-electron chi connectivity index (χ4n) is 4.21. The van der Waals surface area contributed by atoms with Gasteiger partial charge < -0.3 is 9.64 Å². The topological polar surface area (TPSA) is 59.1 Å². The number of esters is 1. The van der Waals surface area contributed by atoms with Crippen LogP contribution in [0.4, 0.5) is 4.39 Å². The summed E-state index contributed by atoms with van der Waals surface area (Å²) in [6.45, 7) is 5.19. The summed E-state index contributed by atoms with van der Waals surface area (Å²) in [7, 11) is 0. The number of piperidine rings is 1. The molecule has 2 saturated heterocycles. The lowest BCUT2D eigenvalue weighted by Crippen LogP contribution is -2.52. The quantitative estimate of drug-likeness (QED) is 0.652. The Bertz CT molecular complexity index is 691. The maximum absolute atomic E-state index is 13.3. The molecule has 6 nitrogen and oxygen atoms in total. The highest BCUT2D eigenvalue weighted by Gasteiger charge is 2.44. The van der Waals surface area contributed by atoms with E-state index in [9.17, 15) is 14.0 Å². The molecule has 3 rings (SSSR count). The summed E-state index contributed by atoms with van der Waals surface area (Å²) < 4.78 is 18.7. The van der Waals surface area contributed by atoms with Crippen LogP contribution >= 0.6 is 0 Å². The second kappa shape index (κ2) is 10.2. The van der Waals surface area contributed by atoms with E-state index < -0.39 is 5.41 Å². The van der Waals surface area contributed by atoms with Crippen molar-refractivity contribution in [3.05, 3.63) is 35.6 Å². The van der Waals surface area contributed by atoms with Crippen molar-refractivity contribution in [2.24, 2.45) is 5.41 Å². The molecule has 1 atom stereocenters. The minimum Gasteiger partial charge on any atom is -0.466 e. The molecule has 160 valence electrons. The Kier molecular flexibility index (Phi) is 7.61. The summed E-state index contributed by atoms with van der Waals surface area (Å²) in [4.78, 5) is 33.1. The first-order valence-corrected chi connectivity index (χ1v) is 10.6. The zero-order chi connectivity index (χ0) is 20.7. The van der Waals surface area contributed by atoms with Crippen molar-refractivity contribution < 1.29 is 23.6 Å². The van der Waals surface area contributed by atoms with Gasteiger partial charge in [0.25, 0.3) is 0 Å². The number of hydroxylamine groups is 2. The van der Waals surface area contributed by atoms with E-state index in [1.165, 1.54) is 12.1 Å². The van der Waals surface area contributed by atoms with Crippen molar-refractivity contribution in [1.82, 2.24) is 9.96 Å². The summed E-state index contributed by atoms with van der Waals surface area (Å²) in [6.07, 6.45) is 4.35. The Labute approximate surface area is 171 Å². The third-order valence-electron chi connectivity index (χ3n) is 5.74. The molecule has 0 spiro atoms. The van der Waals surface area contributed by atoms with Gasteiger partial charge in [-0.2, -0.15) is 5.06 Å². The van der Waals surface area contributed by atoms with Crippen LogP contribution in [0.3, 0.4) is 0 Å². The van der Waals surface area contributed by atoms with Crippen molar-refractivity contribution in [3.63, 3.8) is 0 Å². The molecule has 0 aliphatic carbocycles. The summed E-state index contributed by atoms with van der Waals surface area (Å²) in [5, 5.41) is 1.86. The Balaban J connectivity index is 1.67. The molecule has 0 unspecified atom stereocenters. The third kappa shape index (κ3) is 5.76. The number of nitrogens with zero attached hydrogens (tertiary/aromatic N) is 2. The van der Waals surface area contributed by atoms with Crippen molar-refractivity contribution in [1.29, 1.82) is 0 Å². The molecule has 0 N–H and O–H groups in total. The molecule has 0 radical (unpaired) electrons. The first kappa shape index (κ1) is 21.7. The number of carbonyl (C=O) groups excluding carboxylic acids is 2. The molecule has 0 saturated carbocycles. The van der Waals surface area contributed by atoms with Gasteiger partial charge in [-0.1, -0.05) is 12.1 Å². The second-order valence-electron chi connectivity index (χ2n) is 7.94. The largest absolute Gasteiger partial charge is 0.466 e. The zero-order valence-corrected chi connectivity index (χ0v) is 17.2. The van der Waals surface area contributed by atoms with Gasteiger partial charge in [0, 0.05) is 32.6 Å². The number of hydrogen-bond donors (Lipinski definition) is 0. The van der Waals surface area contributed by atoms with Crippen LogP contribution in [-0.2, 0) is 25.6 Å². The maximum atomic E-state index is 13.3. The van der Waals surface area contributed by atoms with Gasteiger partial charge >= 0.3 is 5.97 Å². The van der Waals surface area contributed by atoms with Gasteiger partial charge in [-0.3, -0.25) is 14.4 Å². The van der Waals surface area contributed by atoms with Gasteiger partial charge in [0.05, 0.1) is 18.6 Å². The average Bonchev–Trinajstić information content (AvgIpc) is 2.75. The van der Waals surface area contributed by atoms with Crippen LogP contribution in [0.25, 0.3) is 0 Å². The monoisotopic (exact) mass is 406 g/mol. The predicted molar refractivity (Wildman–Crippen MR) is 106 cm³/mol. The number of carbonyl (C=O) groups is 2. The fourth-order valence-corrected chi connectivity index (χ4v) is 4.21. The van der Waals surface area contributed by atoms with Crippen molar-refractivity contribution in [3.8, 4) is 0 Å². The summed E-state index contributed by atoms with van der Waals surface area (Å²) in [5.41, 5.74) is 0.0825. The first-order valence-electron chi connectivity index (χ1n) is 10.6. The Hall–Kier alpha value is -1.99. The van der Waals surface area contributed by atoms with Crippen LogP contribution in [0.2, 0.25) is 0 Å². The molecule has 2 fully saturated rings. The summed E-state index contributed by atoms with van der Waals surface area (Å²) >= 11 is 0. The van der Waals surface area contributed by atoms with Gasteiger partial charge in [-0.05, 0) is 56.7 Å². The van der Waals surface area contributed by atoms with E-state index >= 15 is 0 Å². The lowest BCUT2D eigenvalue weighted by molar-refractivity contribution is -0.183. The minimum absolute atomic E-state index is 0.0339. The van der Waals surface area contributed by atoms with Gasteiger partial charge in [-0.15, -0.1) is 0 Å². The van der Waals surface area contributed by atoms with Crippen LogP contribution in [0, 0.1) is 11.2 Å². The molecule has 29 heavy (non-hydrogen) atoms. The molecular weight excluding hydrogens is 375 g/mol. The average molecular weight is 406 g/mol. The van der Waals surface area contributed by atoms with E-state index in [0.29, 0.717) is 52.1 Å². The third-order valence-corrected chi connectivity index (χ3v) is 5.74. The molecule has 2 aliphatic heterocycles. The lowest BCUT2D eigenvalue weighted by atomic mass is 9.75. The zero-order valence-electron chi connectivity index (χ0n) is 17.2. The molecule has 1 aromatic rings. The molecule has 2 aliphatic rings. The highest BCUT2D eigenvalue weighted by Crippen LogP contribution is 2.35. The predicted octanol–water partition coefficient (Wildman–Crippen LogP) is 2.96. The molecule has 0 bridgehead atoms. The molecule has 2 heterocycles. The highest BCUT2D eigenvalue weighted by atomic mass is 19.1. The van der Waals surface area contributed by atoms with E-state index in [4.69, 9.17) is 9.57 Å². The molecule has 7 heteroatoms. The SMILES string of the molecule is CCOC(=O)[C@]1(Cc2ccc(F)cc2)CCCN(C(=O)CCN2CCCCO2)C1. The van der Waals surface area contributed by atoms with Crippen LogP contribution in [-0.4, -0.2) is 61.2 Å². The van der Waals surface area contributed by atoms with Crippen LogP contribution < -0.4 is 0 Å². The first-order chi connectivity index (χ1) is 14.0. The Morgan fingerprint density at radius 3 is 2.66 bits per heavy atom. The van der Waals surface area contributed by atoms with Gasteiger partial charge in [0.1, 0.15) is 5.82 Å². The van der Waals surface area contributed by atoms with Crippen molar-refractivity contribution >= 4 is 11.9 Å². The Morgan fingerprint density at radius 2 is 1.97 bits per heavy atom. The van der Waals surface area contributed by atoms with Crippen LogP contribution in [0.5, 0.6) is 0 Å². The lowest BCUT2D eigenvalue weighted by Gasteiger charge is -2.41. The number of hydrogen-bond acceptors (Lipinski definition) is 5.